The Balaban J connectivity index is 0.000000364. The van der Waals surface area contributed by atoms with Crippen molar-refractivity contribution in [2.75, 3.05) is 18.8 Å². The molecule has 186 valence electrons. The molecule has 3 aromatic rings. The highest BCUT2D eigenvalue weighted by Crippen LogP contribution is 2.46. The molecule has 2 aromatic heterocycles. The number of likely N-dealkylation sites (tertiary alicyclic amines) is 1. The summed E-state index contributed by atoms with van der Waals surface area (Å²) in [7, 11) is 2.02. The highest BCUT2D eigenvalue weighted by atomic mass is 32.2. The fraction of sp³-hybridized carbons (Fsp3) is 0.375. The van der Waals surface area contributed by atoms with Gasteiger partial charge in [-0.15, -0.1) is 11.8 Å². The van der Waals surface area contributed by atoms with Crippen LogP contribution in [0.15, 0.2) is 55.0 Å². The second-order valence-corrected chi connectivity index (χ2v) is 10.1. The van der Waals surface area contributed by atoms with Crippen LogP contribution in [0.2, 0.25) is 0 Å². The maximum absolute atomic E-state index is 12.9. The van der Waals surface area contributed by atoms with E-state index in [0.717, 1.165) is 47.3 Å². The summed E-state index contributed by atoms with van der Waals surface area (Å²) in [5.41, 5.74) is 3.03. The molecule has 1 spiro atoms. The standard InChI is InChI=1S/C22H23N3O2S.C2HF3O2/c1-24-8-6-17-9-18(4-5-20(17)24)21(26)25-14-22(15-25)10-19(13-28-22)27-12-16-3-2-7-23-11-16;3-2(4,5)1(6)7/h2-9,11,19H,10,12-15H2,1H3;(H,6,7). The molecular formula is C24H24F3N3O4S. The third-order valence-electron chi connectivity index (χ3n) is 6.00. The molecule has 0 saturated carbocycles. The number of carboxylic acid groups (broad SMARTS) is 1. The molecule has 1 unspecified atom stereocenters. The van der Waals surface area contributed by atoms with E-state index < -0.39 is 12.1 Å². The molecule has 2 aliphatic heterocycles. The molecule has 0 bridgehead atoms. The molecule has 1 amide bonds. The van der Waals surface area contributed by atoms with Crippen molar-refractivity contribution in [2.24, 2.45) is 7.05 Å². The molecular weight excluding hydrogens is 483 g/mol. The number of halogens is 3. The minimum absolute atomic E-state index is 0.136. The van der Waals surface area contributed by atoms with Crippen LogP contribution < -0.4 is 0 Å². The summed E-state index contributed by atoms with van der Waals surface area (Å²) >= 11 is 1.96. The van der Waals surface area contributed by atoms with Gasteiger partial charge in [0, 0.05) is 60.9 Å². The minimum atomic E-state index is -5.08. The van der Waals surface area contributed by atoms with E-state index in [9.17, 15) is 18.0 Å². The third-order valence-corrected chi connectivity index (χ3v) is 7.58. The smallest absolute Gasteiger partial charge is 0.475 e. The second kappa shape index (κ2) is 9.90. The van der Waals surface area contributed by atoms with Crippen molar-refractivity contribution < 1.29 is 32.6 Å². The molecule has 0 radical (unpaired) electrons. The van der Waals surface area contributed by atoms with Crippen molar-refractivity contribution in [1.82, 2.24) is 14.5 Å². The number of pyridine rings is 1. The number of amides is 1. The third kappa shape index (κ3) is 5.79. The van der Waals surface area contributed by atoms with Crippen molar-refractivity contribution in [3.63, 3.8) is 0 Å². The number of aliphatic carboxylic acids is 1. The number of hydrogen-bond donors (Lipinski definition) is 1. The summed E-state index contributed by atoms with van der Waals surface area (Å²) in [6.45, 7) is 2.24. The molecule has 2 fully saturated rings. The first-order valence-electron chi connectivity index (χ1n) is 10.9. The van der Waals surface area contributed by atoms with Crippen LogP contribution in [0.1, 0.15) is 22.3 Å². The quantitative estimate of drug-likeness (QED) is 0.572. The van der Waals surface area contributed by atoms with Crippen LogP contribution in [-0.4, -0.2) is 67.3 Å². The lowest BCUT2D eigenvalue weighted by Gasteiger charge is -2.47. The van der Waals surface area contributed by atoms with Gasteiger partial charge in [-0.3, -0.25) is 9.78 Å². The topological polar surface area (TPSA) is 84.7 Å². The van der Waals surface area contributed by atoms with Gasteiger partial charge in [0.2, 0.25) is 0 Å². The van der Waals surface area contributed by atoms with Gasteiger partial charge in [-0.2, -0.15) is 13.2 Å². The van der Waals surface area contributed by atoms with Crippen molar-refractivity contribution in [2.45, 2.75) is 30.1 Å². The molecule has 1 atom stereocenters. The van der Waals surface area contributed by atoms with Crippen LogP contribution in [0.3, 0.4) is 0 Å². The van der Waals surface area contributed by atoms with Crippen LogP contribution in [-0.2, 0) is 23.2 Å². The Labute approximate surface area is 203 Å². The first-order valence-corrected chi connectivity index (χ1v) is 11.8. The van der Waals surface area contributed by atoms with Gasteiger partial charge < -0.3 is 19.3 Å². The molecule has 1 aromatic carbocycles. The number of ether oxygens (including phenoxy) is 1. The summed E-state index contributed by atoms with van der Waals surface area (Å²) in [6.07, 6.45) is 1.84. The summed E-state index contributed by atoms with van der Waals surface area (Å²) in [5.74, 6) is -1.62. The fourth-order valence-electron chi connectivity index (χ4n) is 4.22. The number of fused-ring (bicyclic) bond motifs is 1. The first-order chi connectivity index (χ1) is 16.6. The Bertz CT molecular complexity index is 1210. The molecule has 7 nitrogen and oxygen atoms in total. The van der Waals surface area contributed by atoms with Gasteiger partial charge in [-0.25, -0.2) is 4.79 Å². The van der Waals surface area contributed by atoms with Crippen LogP contribution in [0, 0.1) is 0 Å². The zero-order valence-corrected chi connectivity index (χ0v) is 19.7. The van der Waals surface area contributed by atoms with Gasteiger partial charge >= 0.3 is 12.1 Å². The zero-order valence-electron chi connectivity index (χ0n) is 18.9. The number of rotatable bonds is 4. The molecule has 0 aliphatic carbocycles. The van der Waals surface area contributed by atoms with Crippen molar-refractivity contribution in [3.8, 4) is 0 Å². The first kappa shape index (κ1) is 25.1. The van der Waals surface area contributed by atoms with Gasteiger partial charge in [-0.05, 0) is 42.3 Å². The summed E-state index contributed by atoms with van der Waals surface area (Å²) < 4.78 is 40.1. The molecule has 11 heteroatoms. The normalized spacial score (nSPS) is 18.7. The Kier molecular flexibility index (Phi) is 7.09. The number of aromatic nitrogens is 2. The van der Waals surface area contributed by atoms with Crippen LogP contribution in [0.5, 0.6) is 0 Å². The maximum atomic E-state index is 12.9. The monoisotopic (exact) mass is 507 g/mol. The highest BCUT2D eigenvalue weighted by Gasteiger charge is 2.51. The number of carboxylic acids is 1. The highest BCUT2D eigenvalue weighted by molar-refractivity contribution is 8.01. The molecule has 2 saturated heterocycles. The van der Waals surface area contributed by atoms with Crippen LogP contribution in [0.4, 0.5) is 13.2 Å². The second-order valence-electron chi connectivity index (χ2n) is 8.66. The van der Waals surface area contributed by atoms with E-state index in [2.05, 4.69) is 15.6 Å². The van der Waals surface area contributed by atoms with E-state index in [1.807, 2.05) is 66.4 Å². The van der Waals surface area contributed by atoms with E-state index in [1.165, 1.54) is 0 Å². The predicted octanol–water partition coefficient (Wildman–Crippen LogP) is 4.12. The average molecular weight is 508 g/mol. The van der Waals surface area contributed by atoms with Gasteiger partial charge in [0.05, 0.1) is 17.5 Å². The Morgan fingerprint density at radius 1 is 1.26 bits per heavy atom. The molecule has 2 aliphatic rings. The summed E-state index contributed by atoms with van der Waals surface area (Å²) in [6, 6.07) is 12.0. The lowest BCUT2D eigenvalue weighted by molar-refractivity contribution is -0.192. The Morgan fingerprint density at radius 2 is 2.00 bits per heavy atom. The SMILES string of the molecule is Cn1ccc2cc(C(=O)N3CC4(CC(OCc5cccnc5)CS4)C3)ccc21.O=C(O)C(F)(F)F. The van der Waals surface area contributed by atoms with E-state index in [-0.39, 0.29) is 16.8 Å². The van der Waals surface area contributed by atoms with Crippen molar-refractivity contribution >= 4 is 34.5 Å². The molecule has 5 rings (SSSR count). The lowest BCUT2D eigenvalue weighted by Crippen LogP contribution is -2.60. The van der Waals surface area contributed by atoms with Crippen molar-refractivity contribution in [1.29, 1.82) is 0 Å². The van der Waals surface area contributed by atoms with Crippen LogP contribution in [0.25, 0.3) is 10.9 Å². The Morgan fingerprint density at radius 3 is 2.66 bits per heavy atom. The Hall–Kier alpha value is -3.05. The minimum Gasteiger partial charge on any atom is -0.475 e. The number of aryl methyl sites for hydroxylation is 1. The number of carbonyl (C=O) groups is 2. The molecule has 35 heavy (non-hydrogen) atoms. The van der Waals surface area contributed by atoms with Gasteiger partial charge in [0.1, 0.15) is 0 Å². The van der Waals surface area contributed by atoms with E-state index in [4.69, 9.17) is 14.6 Å². The molecule has 1 N–H and O–H groups in total. The lowest BCUT2D eigenvalue weighted by atomic mass is 9.92. The number of hydrogen-bond acceptors (Lipinski definition) is 5. The average Bonchev–Trinajstić information content (AvgIpc) is 3.40. The van der Waals surface area contributed by atoms with E-state index in [0.29, 0.717) is 6.61 Å². The van der Waals surface area contributed by atoms with Gasteiger partial charge in [-0.1, -0.05) is 6.07 Å². The van der Waals surface area contributed by atoms with Gasteiger partial charge in [0.15, 0.2) is 0 Å². The predicted molar refractivity (Wildman–Crippen MR) is 125 cm³/mol. The zero-order chi connectivity index (χ0) is 25.2. The van der Waals surface area contributed by atoms with Crippen molar-refractivity contribution in [3.05, 3.63) is 66.1 Å². The van der Waals surface area contributed by atoms with Gasteiger partial charge in [0.25, 0.3) is 5.91 Å². The van der Waals surface area contributed by atoms with Crippen LogP contribution >= 0.6 is 11.8 Å². The number of thioether (sulfide) groups is 1. The summed E-state index contributed by atoms with van der Waals surface area (Å²) in [4.78, 5) is 27.9. The van der Waals surface area contributed by atoms with E-state index >= 15 is 0 Å². The number of benzene rings is 1. The summed E-state index contributed by atoms with van der Waals surface area (Å²) in [5, 5.41) is 8.24. The number of carbonyl (C=O) groups excluding carboxylic acids is 1. The fourth-order valence-corrected chi connectivity index (χ4v) is 5.77. The number of nitrogens with zero attached hydrogens (tertiary/aromatic N) is 3. The van der Waals surface area contributed by atoms with E-state index in [1.54, 1.807) is 6.20 Å². The maximum Gasteiger partial charge on any atom is 0.490 e. The molecule has 4 heterocycles. The largest absolute Gasteiger partial charge is 0.490 e. The number of alkyl halides is 3.